The van der Waals surface area contributed by atoms with Gasteiger partial charge >= 0.3 is 5.97 Å². The van der Waals surface area contributed by atoms with Gasteiger partial charge in [0.25, 0.3) is 0 Å². The van der Waals surface area contributed by atoms with Crippen LogP contribution in [0.3, 0.4) is 0 Å². The highest BCUT2D eigenvalue weighted by Gasteiger charge is 2.42. The lowest BCUT2D eigenvalue weighted by molar-refractivity contribution is -0.152. The van der Waals surface area contributed by atoms with Gasteiger partial charge in [-0.3, -0.25) is 0 Å². The van der Waals surface area contributed by atoms with Crippen LogP contribution >= 0.6 is 0 Å². The van der Waals surface area contributed by atoms with Crippen LogP contribution in [0.5, 0.6) is 0 Å². The maximum atomic E-state index is 11.8. The smallest absolute Gasteiger partial charge is 0.339 e. The summed E-state index contributed by atoms with van der Waals surface area (Å²) < 4.78 is 28.1. The number of ether oxygens (including phenoxy) is 5. The standard InChI is InChI=1S/C23H28O6/c1-23(2)28-19(15-27-14-16-8-6-5-7-9-16)20(29-23)17-10-12-18(13-11-17)21(25-3)22(24)26-4/h5-13,19-21H,14-15H2,1-4H3. The summed E-state index contributed by atoms with van der Waals surface area (Å²) in [5, 5.41) is 0. The normalized spacial score (nSPS) is 21.7. The third kappa shape index (κ3) is 5.42. The largest absolute Gasteiger partial charge is 0.467 e. The molecule has 156 valence electrons. The minimum Gasteiger partial charge on any atom is -0.467 e. The summed E-state index contributed by atoms with van der Waals surface area (Å²) in [6, 6.07) is 17.5. The van der Waals surface area contributed by atoms with Crippen LogP contribution in [0.25, 0.3) is 0 Å². The fourth-order valence-corrected chi connectivity index (χ4v) is 3.44. The van der Waals surface area contributed by atoms with Gasteiger partial charge in [0.05, 0.1) is 20.3 Å². The predicted molar refractivity (Wildman–Crippen MR) is 107 cm³/mol. The van der Waals surface area contributed by atoms with E-state index in [1.54, 1.807) is 0 Å². The maximum Gasteiger partial charge on any atom is 0.339 e. The van der Waals surface area contributed by atoms with Crippen LogP contribution in [-0.2, 0) is 35.1 Å². The maximum absolute atomic E-state index is 11.8. The van der Waals surface area contributed by atoms with Gasteiger partial charge < -0.3 is 23.7 Å². The Morgan fingerprint density at radius 1 is 1.03 bits per heavy atom. The first-order chi connectivity index (χ1) is 13.9. The first kappa shape index (κ1) is 21.5. The molecule has 3 atom stereocenters. The molecule has 0 aliphatic carbocycles. The number of carbonyl (C=O) groups excluding carboxylic acids is 1. The number of rotatable bonds is 8. The average molecular weight is 400 g/mol. The fourth-order valence-electron chi connectivity index (χ4n) is 3.44. The summed E-state index contributed by atoms with van der Waals surface area (Å²) in [6.45, 7) is 4.71. The molecule has 6 heteroatoms. The Balaban J connectivity index is 1.68. The van der Waals surface area contributed by atoms with Gasteiger partial charge in [-0.2, -0.15) is 0 Å². The average Bonchev–Trinajstić information content (AvgIpc) is 3.04. The minimum atomic E-state index is -0.753. The van der Waals surface area contributed by atoms with Crippen molar-refractivity contribution in [3.05, 3.63) is 71.3 Å². The highest BCUT2D eigenvalue weighted by molar-refractivity contribution is 5.76. The van der Waals surface area contributed by atoms with E-state index >= 15 is 0 Å². The van der Waals surface area contributed by atoms with Crippen molar-refractivity contribution in [3.63, 3.8) is 0 Å². The van der Waals surface area contributed by atoms with Crippen molar-refractivity contribution >= 4 is 5.97 Å². The Hall–Kier alpha value is -2.25. The Morgan fingerprint density at radius 2 is 1.72 bits per heavy atom. The Bertz CT molecular complexity index is 787. The molecule has 0 spiro atoms. The zero-order valence-corrected chi connectivity index (χ0v) is 17.3. The molecule has 1 aliphatic rings. The molecule has 2 aromatic rings. The monoisotopic (exact) mass is 400 g/mol. The van der Waals surface area contributed by atoms with E-state index in [1.807, 2.05) is 68.4 Å². The van der Waals surface area contributed by atoms with Crippen LogP contribution in [0.2, 0.25) is 0 Å². The second kappa shape index (κ2) is 9.50. The first-order valence-electron chi connectivity index (χ1n) is 9.61. The summed E-state index contributed by atoms with van der Waals surface area (Å²) in [4.78, 5) is 11.8. The van der Waals surface area contributed by atoms with Crippen LogP contribution in [0, 0.1) is 0 Å². The molecule has 1 aliphatic heterocycles. The lowest BCUT2D eigenvalue weighted by Gasteiger charge is -2.19. The van der Waals surface area contributed by atoms with Crippen molar-refractivity contribution in [2.45, 2.75) is 44.6 Å². The van der Waals surface area contributed by atoms with Gasteiger partial charge in [0, 0.05) is 7.11 Å². The SMILES string of the molecule is COC(=O)C(OC)c1ccc(C2OC(C)(C)OC2COCc2ccccc2)cc1. The quantitative estimate of drug-likeness (QED) is 0.625. The molecule has 0 aromatic heterocycles. The van der Waals surface area contributed by atoms with E-state index in [0.29, 0.717) is 13.2 Å². The lowest BCUT2D eigenvalue weighted by Crippen LogP contribution is -2.24. The number of hydrogen-bond donors (Lipinski definition) is 0. The van der Waals surface area contributed by atoms with Crippen molar-refractivity contribution in [3.8, 4) is 0 Å². The summed E-state index contributed by atoms with van der Waals surface area (Å²) in [7, 11) is 2.82. The summed E-state index contributed by atoms with van der Waals surface area (Å²) >= 11 is 0. The van der Waals surface area contributed by atoms with E-state index in [1.165, 1.54) is 14.2 Å². The molecule has 0 saturated carbocycles. The summed E-state index contributed by atoms with van der Waals surface area (Å²) in [5.41, 5.74) is 2.78. The summed E-state index contributed by atoms with van der Waals surface area (Å²) in [6.07, 6.45) is -1.26. The van der Waals surface area contributed by atoms with E-state index in [9.17, 15) is 4.79 Å². The van der Waals surface area contributed by atoms with Crippen molar-refractivity contribution in [1.29, 1.82) is 0 Å². The fraction of sp³-hybridized carbons (Fsp3) is 0.435. The number of hydrogen-bond acceptors (Lipinski definition) is 6. The third-order valence-corrected chi connectivity index (χ3v) is 4.80. The topological polar surface area (TPSA) is 63.2 Å². The number of benzene rings is 2. The molecule has 29 heavy (non-hydrogen) atoms. The van der Waals surface area contributed by atoms with Crippen LogP contribution in [0.4, 0.5) is 0 Å². The Kier molecular flexibility index (Phi) is 7.03. The van der Waals surface area contributed by atoms with Gasteiger partial charge in [0.1, 0.15) is 12.2 Å². The van der Waals surface area contributed by atoms with Gasteiger partial charge in [-0.25, -0.2) is 4.79 Å². The molecule has 0 N–H and O–H groups in total. The van der Waals surface area contributed by atoms with E-state index in [2.05, 4.69) is 0 Å². The number of esters is 1. The highest BCUT2D eigenvalue weighted by Crippen LogP contribution is 2.38. The zero-order valence-electron chi connectivity index (χ0n) is 17.3. The molecule has 1 fully saturated rings. The van der Waals surface area contributed by atoms with Crippen LogP contribution in [0.1, 0.15) is 42.7 Å². The first-order valence-corrected chi connectivity index (χ1v) is 9.61. The number of methoxy groups -OCH3 is 2. The molecule has 0 amide bonds. The summed E-state index contributed by atoms with van der Waals surface area (Å²) in [5.74, 6) is -1.14. The van der Waals surface area contributed by atoms with Gasteiger partial charge in [0.15, 0.2) is 11.9 Å². The van der Waals surface area contributed by atoms with Crippen LogP contribution in [-0.4, -0.2) is 38.7 Å². The van der Waals surface area contributed by atoms with E-state index in [0.717, 1.165) is 16.7 Å². The second-order valence-corrected chi connectivity index (χ2v) is 7.40. The molecule has 1 heterocycles. The lowest BCUT2D eigenvalue weighted by atomic mass is 10.0. The second-order valence-electron chi connectivity index (χ2n) is 7.40. The molecular weight excluding hydrogens is 372 g/mol. The molecule has 0 bridgehead atoms. The molecule has 0 radical (unpaired) electrons. The van der Waals surface area contributed by atoms with Gasteiger partial charge in [-0.1, -0.05) is 54.6 Å². The third-order valence-electron chi connectivity index (χ3n) is 4.80. The van der Waals surface area contributed by atoms with Crippen LogP contribution in [0.15, 0.2) is 54.6 Å². The molecule has 1 saturated heterocycles. The van der Waals surface area contributed by atoms with E-state index in [4.69, 9.17) is 23.7 Å². The minimum absolute atomic E-state index is 0.238. The van der Waals surface area contributed by atoms with Crippen molar-refractivity contribution in [1.82, 2.24) is 0 Å². The molecule has 2 aromatic carbocycles. The number of carbonyl (C=O) groups is 1. The predicted octanol–water partition coefficient (Wildman–Crippen LogP) is 3.96. The zero-order chi connectivity index (χ0) is 20.9. The molecule has 3 unspecified atom stereocenters. The van der Waals surface area contributed by atoms with Crippen molar-refractivity contribution < 1.29 is 28.5 Å². The van der Waals surface area contributed by atoms with Gasteiger partial charge in [-0.05, 0) is 30.5 Å². The Morgan fingerprint density at radius 3 is 2.34 bits per heavy atom. The molecule has 3 rings (SSSR count). The van der Waals surface area contributed by atoms with Gasteiger partial charge in [-0.15, -0.1) is 0 Å². The van der Waals surface area contributed by atoms with Crippen molar-refractivity contribution in [2.75, 3.05) is 20.8 Å². The van der Waals surface area contributed by atoms with Gasteiger partial charge in [0.2, 0.25) is 0 Å². The highest BCUT2D eigenvalue weighted by atomic mass is 16.8. The van der Waals surface area contributed by atoms with E-state index < -0.39 is 17.9 Å². The molecular formula is C23H28O6. The van der Waals surface area contributed by atoms with Crippen molar-refractivity contribution in [2.24, 2.45) is 0 Å². The Labute approximate surface area is 171 Å². The van der Waals surface area contributed by atoms with E-state index in [-0.39, 0.29) is 12.2 Å². The van der Waals surface area contributed by atoms with Crippen LogP contribution < -0.4 is 0 Å². The molecule has 6 nitrogen and oxygen atoms in total.